The van der Waals surface area contributed by atoms with Gasteiger partial charge in [0.25, 0.3) is 5.91 Å². The molecule has 0 atom stereocenters. The lowest BCUT2D eigenvalue weighted by atomic mass is 10.2. The molecule has 0 aliphatic carbocycles. The van der Waals surface area contributed by atoms with Crippen molar-refractivity contribution >= 4 is 16.9 Å². The highest BCUT2D eigenvalue weighted by molar-refractivity contribution is 5.96. The van der Waals surface area contributed by atoms with Gasteiger partial charge in [-0.2, -0.15) is 0 Å². The Morgan fingerprint density at radius 2 is 1.74 bits per heavy atom. The third-order valence-corrected chi connectivity index (χ3v) is 6.07. The lowest BCUT2D eigenvalue weighted by Gasteiger charge is -2.11. The highest BCUT2D eigenvalue weighted by Gasteiger charge is 2.13. The number of carbonyl (C=O) groups excluding carboxylic acids is 1. The topological polar surface area (TPSA) is 65.4 Å². The lowest BCUT2D eigenvalue weighted by Crippen LogP contribution is -2.25. The zero-order valence-corrected chi connectivity index (χ0v) is 20.5. The molecule has 1 aromatic heterocycles. The van der Waals surface area contributed by atoms with Crippen molar-refractivity contribution in [3.05, 3.63) is 89.7 Å². The molecule has 4 rings (SSSR count). The number of benzene rings is 3. The summed E-state index contributed by atoms with van der Waals surface area (Å²) in [5, 5.41) is 3.00. The second-order valence-corrected chi connectivity index (χ2v) is 8.43. The summed E-state index contributed by atoms with van der Waals surface area (Å²) >= 11 is 0. The molecule has 1 heterocycles. The predicted molar refractivity (Wildman–Crippen MR) is 139 cm³/mol. The van der Waals surface area contributed by atoms with Crippen LogP contribution in [0.4, 0.5) is 0 Å². The highest BCUT2D eigenvalue weighted by Crippen LogP contribution is 2.19. The Labute approximate surface area is 206 Å². The number of amides is 1. The van der Waals surface area contributed by atoms with Crippen molar-refractivity contribution in [1.29, 1.82) is 0 Å². The van der Waals surface area contributed by atoms with Crippen LogP contribution in [0.3, 0.4) is 0 Å². The van der Waals surface area contributed by atoms with Crippen LogP contribution in [-0.2, 0) is 19.4 Å². The van der Waals surface area contributed by atoms with Crippen molar-refractivity contribution in [2.24, 2.45) is 0 Å². The molecule has 0 spiro atoms. The summed E-state index contributed by atoms with van der Waals surface area (Å²) in [5.74, 6) is 2.39. The number of aryl methyl sites for hydroxylation is 3. The molecular formula is C29H33N3O3. The number of hydrogen-bond donors (Lipinski definition) is 1. The highest BCUT2D eigenvalue weighted by atomic mass is 16.5. The number of ether oxygens (including phenoxy) is 2. The van der Waals surface area contributed by atoms with E-state index < -0.39 is 0 Å². The third kappa shape index (κ3) is 6.21. The van der Waals surface area contributed by atoms with Crippen LogP contribution in [0.5, 0.6) is 11.5 Å². The number of methoxy groups -OCH3 is 1. The molecule has 1 N–H and O–H groups in total. The standard InChI is InChI=1S/C29H33N3O3/c1-3-22-15-17-23(18-16-22)35-21-9-20-32-26-12-6-5-11-25(26)31-28(32)14-8-19-30-29(33)24-10-4-7-13-27(24)34-2/h4-7,10-13,15-18H,3,8-9,14,19-21H2,1-2H3,(H,30,33). The van der Waals surface area contributed by atoms with E-state index in [1.54, 1.807) is 19.2 Å². The van der Waals surface area contributed by atoms with Gasteiger partial charge in [-0.15, -0.1) is 0 Å². The molecule has 0 saturated heterocycles. The molecule has 0 saturated carbocycles. The SMILES string of the molecule is CCc1ccc(OCCCn2c(CCCNC(=O)c3ccccc3OC)nc3ccccc32)cc1. The van der Waals surface area contributed by atoms with E-state index in [0.29, 0.717) is 24.5 Å². The van der Waals surface area contributed by atoms with E-state index >= 15 is 0 Å². The Hall–Kier alpha value is -3.80. The quantitative estimate of drug-likeness (QED) is 0.280. The second kappa shape index (κ2) is 12.1. The molecule has 35 heavy (non-hydrogen) atoms. The molecule has 0 unspecified atom stereocenters. The van der Waals surface area contributed by atoms with Gasteiger partial charge in [0.05, 0.1) is 30.3 Å². The van der Waals surface area contributed by atoms with Crippen molar-refractivity contribution in [1.82, 2.24) is 14.9 Å². The Kier molecular flexibility index (Phi) is 8.39. The Bertz CT molecular complexity index is 1250. The van der Waals surface area contributed by atoms with Crippen molar-refractivity contribution < 1.29 is 14.3 Å². The van der Waals surface area contributed by atoms with Gasteiger partial charge in [0.2, 0.25) is 0 Å². The smallest absolute Gasteiger partial charge is 0.255 e. The largest absolute Gasteiger partial charge is 0.496 e. The van der Waals surface area contributed by atoms with Crippen molar-refractivity contribution in [3.8, 4) is 11.5 Å². The minimum Gasteiger partial charge on any atom is -0.496 e. The first-order chi connectivity index (χ1) is 17.2. The zero-order valence-electron chi connectivity index (χ0n) is 20.5. The summed E-state index contributed by atoms with van der Waals surface area (Å²) in [6.45, 7) is 4.19. The Morgan fingerprint density at radius 3 is 2.54 bits per heavy atom. The van der Waals surface area contributed by atoms with Crippen LogP contribution in [0.2, 0.25) is 0 Å². The summed E-state index contributed by atoms with van der Waals surface area (Å²) < 4.78 is 13.5. The van der Waals surface area contributed by atoms with Crippen molar-refractivity contribution in [3.63, 3.8) is 0 Å². The third-order valence-electron chi connectivity index (χ3n) is 6.07. The fourth-order valence-electron chi connectivity index (χ4n) is 4.18. The number of nitrogens with one attached hydrogen (secondary N) is 1. The molecule has 6 nitrogen and oxygen atoms in total. The molecule has 0 fully saturated rings. The second-order valence-electron chi connectivity index (χ2n) is 8.43. The fraction of sp³-hybridized carbons (Fsp3) is 0.310. The average Bonchev–Trinajstić information content (AvgIpc) is 3.26. The minimum absolute atomic E-state index is 0.125. The van der Waals surface area contributed by atoms with Crippen LogP contribution in [0.1, 0.15) is 41.5 Å². The van der Waals surface area contributed by atoms with Gasteiger partial charge in [-0.25, -0.2) is 4.98 Å². The molecule has 0 bridgehead atoms. The number of aromatic nitrogens is 2. The number of carbonyl (C=O) groups is 1. The molecular weight excluding hydrogens is 438 g/mol. The number of hydrogen-bond acceptors (Lipinski definition) is 4. The summed E-state index contributed by atoms with van der Waals surface area (Å²) in [7, 11) is 1.57. The van der Waals surface area contributed by atoms with Gasteiger partial charge >= 0.3 is 0 Å². The average molecular weight is 472 g/mol. The molecule has 0 radical (unpaired) electrons. The molecule has 0 aliphatic heterocycles. The van der Waals surface area contributed by atoms with Gasteiger partial charge < -0.3 is 19.4 Å². The minimum atomic E-state index is -0.125. The van der Waals surface area contributed by atoms with Crippen LogP contribution >= 0.6 is 0 Å². The summed E-state index contributed by atoms with van der Waals surface area (Å²) in [5.41, 5.74) is 3.99. The van der Waals surface area contributed by atoms with Crippen LogP contribution in [0.25, 0.3) is 11.0 Å². The van der Waals surface area contributed by atoms with E-state index in [9.17, 15) is 4.79 Å². The summed E-state index contributed by atoms with van der Waals surface area (Å²) in [6, 6.07) is 23.8. The van der Waals surface area contributed by atoms with E-state index in [1.807, 2.05) is 42.5 Å². The Balaban J connectivity index is 1.32. The fourth-order valence-corrected chi connectivity index (χ4v) is 4.18. The van der Waals surface area contributed by atoms with Gasteiger partial charge in [-0.1, -0.05) is 43.3 Å². The van der Waals surface area contributed by atoms with Crippen molar-refractivity contribution in [2.75, 3.05) is 20.3 Å². The first-order valence-corrected chi connectivity index (χ1v) is 12.3. The maximum absolute atomic E-state index is 12.5. The summed E-state index contributed by atoms with van der Waals surface area (Å²) in [6.07, 6.45) is 3.49. The monoisotopic (exact) mass is 471 g/mol. The van der Waals surface area contributed by atoms with E-state index in [-0.39, 0.29) is 5.91 Å². The van der Waals surface area contributed by atoms with E-state index in [1.165, 1.54) is 5.56 Å². The van der Waals surface area contributed by atoms with Crippen LogP contribution in [0.15, 0.2) is 72.8 Å². The van der Waals surface area contributed by atoms with Crippen LogP contribution < -0.4 is 14.8 Å². The van der Waals surface area contributed by atoms with Gasteiger partial charge in [0, 0.05) is 19.5 Å². The van der Waals surface area contributed by atoms with E-state index in [2.05, 4.69) is 35.0 Å². The maximum atomic E-state index is 12.5. The van der Waals surface area contributed by atoms with E-state index in [0.717, 1.165) is 54.8 Å². The lowest BCUT2D eigenvalue weighted by molar-refractivity contribution is 0.0950. The molecule has 182 valence electrons. The van der Waals surface area contributed by atoms with Crippen LogP contribution in [-0.4, -0.2) is 35.7 Å². The van der Waals surface area contributed by atoms with Gasteiger partial charge in [-0.3, -0.25) is 4.79 Å². The molecule has 6 heteroatoms. The number of rotatable bonds is 12. The molecule has 3 aromatic carbocycles. The molecule has 0 aliphatic rings. The normalized spacial score (nSPS) is 10.9. The molecule has 1 amide bonds. The first kappa shape index (κ1) is 24.3. The van der Waals surface area contributed by atoms with Gasteiger partial charge in [0.15, 0.2) is 0 Å². The van der Waals surface area contributed by atoms with E-state index in [4.69, 9.17) is 14.5 Å². The van der Waals surface area contributed by atoms with Crippen molar-refractivity contribution in [2.45, 2.75) is 39.2 Å². The Morgan fingerprint density at radius 1 is 0.971 bits per heavy atom. The summed E-state index contributed by atoms with van der Waals surface area (Å²) in [4.78, 5) is 17.4. The molecule has 4 aromatic rings. The van der Waals surface area contributed by atoms with Crippen LogP contribution in [0, 0.1) is 0 Å². The maximum Gasteiger partial charge on any atom is 0.255 e. The zero-order chi connectivity index (χ0) is 24.5. The number of imidazole rings is 1. The predicted octanol–water partition coefficient (Wildman–Crippen LogP) is 5.44. The van der Waals surface area contributed by atoms with Gasteiger partial charge in [-0.05, 0) is 61.2 Å². The number of para-hydroxylation sites is 3. The van der Waals surface area contributed by atoms with Gasteiger partial charge in [0.1, 0.15) is 17.3 Å². The first-order valence-electron chi connectivity index (χ1n) is 12.3. The number of nitrogens with zero attached hydrogens (tertiary/aromatic N) is 2. The number of fused-ring (bicyclic) bond motifs is 1.